The fraction of sp³-hybridized carbons (Fsp3) is 0.474. The molecule has 0 bridgehead atoms. The highest BCUT2D eigenvalue weighted by Crippen LogP contribution is 2.34. The molecule has 1 aromatic carbocycles. The maximum atomic E-state index is 12.4. The zero-order valence-electron chi connectivity index (χ0n) is 15.2. The number of rotatable bonds is 3. The van der Waals surface area contributed by atoms with Crippen LogP contribution < -0.4 is 15.0 Å². The molecule has 0 atom stereocenters. The van der Waals surface area contributed by atoms with Crippen LogP contribution in [0.2, 0.25) is 0 Å². The van der Waals surface area contributed by atoms with E-state index in [1.165, 1.54) is 12.8 Å². The summed E-state index contributed by atoms with van der Waals surface area (Å²) in [5, 5.41) is 6.92. The van der Waals surface area contributed by atoms with E-state index in [1.54, 1.807) is 30.1 Å². The van der Waals surface area contributed by atoms with E-state index in [9.17, 15) is 9.59 Å². The van der Waals surface area contributed by atoms with Gasteiger partial charge in [-0.1, -0.05) is 30.8 Å². The lowest BCUT2D eigenvalue weighted by atomic mass is 10.1. The topological polar surface area (TPSA) is 97.6 Å². The number of benzene rings is 1. The largest absolute Gasteiger partial charge is 0.482 e. The summed E-state index contributed by atoms with van der Waals surface area (Å²) in [6.45, 7) is -0.00571. The Bertz CT molecular complexity index is 855. The van der Waals surface area contributed by atoms with E-state index < -0.39 is 0 Å². The average Bonchev–Trinajstić information content (AvgIpc) is 3.04. The van der Waals surface area contributed by atoms with Crippen molar-refractivity contribution in [2.45, 2.75) is 44.6 Å². The maximum absolute atomic E-state index is 12.4. The van der Waals surface area contributed by atoms with Crippen LogP contribution in [-0.2, 0) is 4.79 Å². The molecule has 8 nitrogen and oxygen atoms in total. The third-order valence-corrected chi connectivity index (χ3v) is 5.12. The number of likely N-dealkylation sites (N-methyl/N-ethyl adjacent to an activating group) is 1. The first-order valence-corrected chi connectivity index (χ1v) is 9.30. The van der Waals surface area contributed by atoms with Gasteiger partial charge in [0.25, 0.3) is 5.91 Å². The van der Waals surface area contributed by atoms with Crippen molar-refractivity contribution in [3.63, 3.8) is 0 Å². The van der Waals surface area contributed by atoms with E-state index in [4.69, 9.17) is 9.26 Å². The Morgan fingerprint density at radius 3 is 2.78 bits per heavy atom. The Labute approximate surface area is 156 Å². The number of carbonyl (C=O) groups is 2. The molecule has 8 heteroatoms. The fourth-order valence-corrected chi connectivity index (χ4v) is 3.52. The minimum atomic E-state index is -0.333. The van der Waals surface area contributed by atoms with E-state index in [0.29, 0.717) is 22.8 Å². The number of amides is 2. The van der Waals surface area contributed by atoms with Crippen LogP contribution in [0.15, 0.2) is 22.7 Å². The fourth-order valence-electron chi connectivity index (χ4n) is 3.52. The molecular formula is C19H22N4O4. The normalized spacial score (nSPS) is 17.8. The average molecular weight is 370 g/mol. The number of anilines is 1. The molecule has 4 rings (SSSR count). The minimum Gasteiger partial charge on any atom is -0.482 e. The molecule has 2 amide bonds. The molecule has 1 aliphatic heterocycles. The summed E-state index contributed by atoms with van der Waals surface area (Å²) < 4.78 is 10.6. The molecule has 0 saturated heterocycles. The summed E-state index contributed by atoms with van der Waals surface area (Å²) >= 11 is 0. The van der Waals surface area contributed by atoms with Gasteiger partial charge in [-0.2, -0.15) is 4.98 Å². The number of aromatic nitrogens is 2. The summed E-state index contributed by atoms with van der Waals surface area (Å²) in [7, 11) is 1.70. The Hall–Kier alpha value is -2.90. The molecule has 0 unspecified atom stereocenters. The van der Waals surface area contributed by atoms with Crippen LogP contribution in [0.5, 0.6) is 5.75 Å². The Balaban J connectivity index is 1.49. The second kappa shape index (κ2) is 7.38. The van der Waals surface area contributed by atoms with Gasteiger partial charge in [0, 0.05) is 18.7 Å². The van der Waals surface area contributed by atoms with Crippen LogP contribution in [-0.4, -0.2) is 41.7 Å². The van der Waals surface area contributed by atoms with Gasteiger partial charge in [-0.15, -0.1) is 0 Å². The second-order valence-corrected chi connectivity index (χ2v) is 7.01. The molecule has 1 saturated carbocycles. The zero-order valence-corrected chi connectivity index (χ0v) is 15.2. The molecule has 0 radical (unpaired) electrons. The van der Waals surface area contributed by atoms with Crippen molar-refractivity contribution in [2.75, 3.05) is 18.6 Å². The van der Waals surface area contributed by atoms with Crippen molar-refractivity contribution in [1.82, 2.24) is 15.5 Å². The molecule has 2 aliphatic rings. The number of hydrogen-bond donors (Lipinski definition) is 1. The van der Waals surface area contributed by atoms with Crippen molar-refractivity contribution < 1.29 is 18.8 Å². The number of nitrogens with zero attached hydrogens (tertiary/aromatic N) is 3. The van der Waals surface area contributed by atoms with E-state index in [1.807, 2.05) is 0 Å². The van der Waals surface area contributed by atoms with Gasteiger partial charge in [0.1, 0.15) is 5.75 Å². The third-order valence-electron chi connectivity index (χ3n) is 5.12. The molecule has 1 aromatic heterocycles. The smallest absolute Gasteiger partial charge is 0.316 e. The van der Waals surface area contributed by atoms with Gasteiger partial charge >= 0.3 is 11.8 Å². The lowest BCUT2D eigenvalue weighted by Gasteiger charge is -2.25. The number of fused-ring (bicyclic) bond motifs is 1. The molecule has 142 valence electrons. The molecule has 1 N–H and O–H groups in total. The van der Waals surface area contributed by atoms with Crippen molar-refractivity contribution in [3.8, 4) is 17.1 Å². The first-order valence-electron chi connectivity index (χ1n) is 9.30. The van der Waals surface area contributed by atoms with Gasteiger partial charge in [-0.3, -0.25) is 9.59 Å². The number of hydrogen-bond acceptors (Lipinski definition) is 6. The summed E-state index contributed by atoms with van der Waals surface area (Å²) in [4.78, 5) is 29.9. The van der Waals surface area contributed by atoms with Crippen molar-refractivity contribution in [2.24, 2.45) is 0 Å². The summed E-state index contributed by atoms with van der Waals surface area (Å²) in [6, 6.07) is 5.45. The first-order chi connectivity index (χ1) is 13.1. The molecule has 1 fully saturated rings. The van der Waals surface area contributed by atoms with Crippen LogP contribution in [0, 0.1) is 0 Å². The van der Waals surface area contributed by atoms with Crippen LogP contribution in [0.3, 0.4) is 0 Å². The standard InChI is InChI=1S/C19H22N4O4/c1-23-14-9-8-12(10-15(14)26-11-16(23)24)17-21-19(27-22-17)18(25)20-13-6-4-2-3-5-7-13/h8-10,13H,2-7,11H2,1H3,(H,20,25). The summed E-state index contributed by atoms with van der Waals surface area (Å²) in [5.74, 6) is 0.406. The lowest BCUT2D eigenvalue weighted by molar-refractivity contribution is -0.120. The SMILES string of the molecule is CN1C(=O)COc2cc(-c3noc(C(=O)NC4CCCCCC4)n3)ccc21. The Morgan fingerprint density at radius 1 is 1.22 bits per heavy atom. The van der Waals surface area contributed by atoms with Crippen molar-refractivity contribution in [1.29, 1.82) is 0 Å². The summed E-state index contributed by atoms with van der Waals surface area (Å²) in [5.41, 5.74) is 1.35. The predicted molar refractivity (Wildman–Crippen MR) is 97.6 cm³/mol. The summed E-state index contributed by atoms with van der Waals surface area (Å²) in [6.07, 6.45) is 6.68. The number of nitrogens with one attached hydrogen (secondary N) is 1. The molecule has 2 aromatic rings. The van der Waals surface area contributed by atoms with Crippen molar-refractivity contribution in [3.05, 3.63) is 24.1 Å². The van der Waals surface area contributed by atoms with E-state index in [-0.39, 0.29) is 30.4 Å². The predicted octanol–water partition coefficient (Wildman–Crippen LogP) is 2.54. The van der Waals surface area contributed by atoms with Crippen molar-refractivity contribution >= 4 is 17.5 Å². The second-order valence-electron chi connectivity index (χ2n) is 7.01. The highest BCUT2D eigenvalue weighted by Gasteiger charge is 2.24. The Kier molecular flexibility index (Phi) is 4.79. The first kappa shape index (κ1) is 17.5. The number of carbonyl (C=O) groups excluding carboxylic acids is 2. The molecule has 0 spiro atoms. The van der Waals surface area contributed by atoms with Gasteiger partial charge in [0.2, 0.25) is 5.82 Å². The van der Waals surface area contributed by atoms with Gasteiger partial charge in [-0.25, -0.2) is 0 Å². The van der Waals surface area contributed by atoms with E-state index in [2.05, 4.69) is 15.5 Å². The highest BCUT2D eigenvalue weighted by atomic mass is 16.5. The van der Waals surface area contributed by atoms with Gasteiger partial charge in [0.05, 0.1) is 5.69 Å². The molecule has 2 heterocycles. The van der Waals surface area contributed by atoms with Gasteiger partial charge in [-0.05, 0) is 31.0 Å². The molecule has 27 heavy (non-hydrogen) atoms. The number of ether oxygens (including phenoxy) is 1. The lowest BCUT2D eigenvalue weighted by Crippen LogP contribution is -2.35. The molecular weight excluding hydrogens is 348 g/mol. The van der Waals surface area contributed by atoms with Crippen LogP contribution in [0.1, 0.15) is 49.2 Å². The van der Waals surface area contributed by atoms with Crippen LogP contribution >= 0.6 is 0 Å². The van der Waals surface area contributed by atoms with Gasteiger partial charge in [0.15, 0.2) is 6.61 Å². The monoisotopic (exact) mass is 370 g/mol. The van der Waals surface area contributed by atoms with E-state index >= 15 is 0 Å². The zero-order chi connectivity index (χ0) is 18.8. The Morgan fingerprint density at radius 2 is 2.00 bits per heavy atom. The highest BCUT2D eigenvalue weighted by molar-refractivity contribution is 5.97. The van der Waals surface area contributed by atoms with E-state index in [0.717, 1.165) is 25.7 Å². The third kappa shape index (κ3) is 3.65. The minimum absolute atomic E-state index is 0.00571. The van der Waals surface area contributed by atoms with Gasteiger partial charge < -0.3 is 19.5 Å². The van der Waals surface area contributed by atoms with Crippen LogP contribution in [0.4, 0.5) is 5.69 Å². The molecule has 1 aliphatic carbocycles. The van der Waals surface area contributed by atoms with Crippen LogP contribution in [0.25, 0.3) is 11.4 Å². The maximum Gasteiger partial charge on any atom is 0.316 e. The quantitative estimate of drug-likeness (QED) is 0.834.